The lowest BCUT2D eigenvalue weighted by Crippen LogP contribution is -2.42. The van der Waals surface area contributed by atoms with Crippen LogP contribution in [0.15, 0.2) is 35.7 Å². The SMILES string of the molecule is C[C@@]1(CSC(F)(F)F)C(=O)n2c(nc3ccccc32)-c2sccc21. The summed E-state index contributed by atoms with van der Waals surface area (Å²) >= 11 is 1.24. The highest BCUT2D eigenvalue weighted by atomic mass is 32.2. The van der Waals surface area contributed by atoms with Gasteiger partial charge in [0.25, 0.3) is 0 Å². The van der Waals surface area contributed by atoms with Crippen LogP contribution in [0, 0.1) is 0 Å². The van der Waals surface area contributed by atoms with E-state index in [1.54, 1.807) is 36.6 Å². The highest BCUT2D eigenvalue weighted by Crippen LogP contribution is 2.47. The maximum absolute atomic E-state index is 13.1. The molecule has 0 radical (unpaired) electrons. The molecule has 8 heteroatoms. The Hall–Kier alpha value is -1.80. The number of carbonyl (C=O) groups excluding carboxylic acids is 1. The van der Waals surface area contributed by atoms with E-state index in [4.69, 9.17) is 0 Å². The van der Waals surface area contributed by atoms with Crippen molar-refractivity contribution in [3.63, 3.8) is 0 Å². The van der Waals surface area contributed by atoms with Crippen LogP contribution in [0.25, 0.3) is 21.7 Å². The summed E-state index contributed by atoms with van der Waals surface area (Å²) in [5.41, 5.74) is -3.72. The van der Waals surface area contributed by atoms with Gasteiger partial charge < -0.3 is 0 Å². The minimum atomic E-state index is -4.38. The quantitative estimate of drug-likeness (QED) is 0.643. The van der Waals surface area contributed by atoms with E-state index in [9.17, 15) is 18.0 Å². The number of imidazole rings is 1. The normalized spacial score (nSPS) is 20.2. The van der Waals surface area contributed by atoms with E-state index in [-0.39, 0.29) is 23.4 Å². The van der Waals surface area contributed by atoms with Gasteiger partial charge in [-0.15, -0.1) is 11.3 Å². The van der Waals surface area contributed by atoms with Gasteiger partial charge in [0.2, 0.25) is 5.91 Å². The third-order valence-electron chi connectivity index (χ3n) is 4.22. The lowest BCUT2D eigenvalue weighted by Gasteiger charge is -2.33. The lowest BCUT2D eigenvalue weighted by molar-refractivity contribution is -0.0329. The van der Waals surface area contributed by atoms with Crippen LogP contribution in [0.1, 0.15) is 17.3 Å². The first-order valence-corrected chi connectivity index (χ1v) is 8.99. The maximum atomic E-state index is 13.1. The van der Waals surface area contributed by atoms with E-state index >= 15 is 0 Å². The van der Waals surface area contributed by atoms with Crippen LogP contribution >= 0.6 is 23.1 Å². The van der Waals surface area contributed by atoms with Gasteiger partial charge in [0.15, 0.2) is 5.82 Å². The molecule has 1 aromatic carbocycles. The van der Waals surface area contributed by atoms with Gasteiger partial charge in [0.05, 0.1) is 21.3 Å². The van der Waals surface area contributed by atoms with Gasteiger partial charge in [-0.1, -0.05) is 12.1 Å². The molecular weight excluding hydrogens is 357 g/mol. The van der Waals surface area contributed by atoms with Crippen LogP contribution < -0.4 is 0 Å². The Balaban J connectivity index is 1.93. The molecule has 0 bridgehead atoms. The number of aromatic nitrogens is 2. The second-order valence-corrected chi connectivity index (χ2v) is 7.75. The summed E-state index contributed by atoms with van der Waals surface area (Å²) in [5, 5.41) is 1.80. The van der Waals surface area contributed by atoms with Crippen molar-refractivity contribution in [2.75, 3.05) is 5.75 Å². The number of hydrogen-bond acceptors (Lipinski definition) is 4. The molecule has 124 valence electrons. The third-order valence-corrected chi connectivity index (χ3v) is 6.18. The minimum absolute atomic E-state index is 0.158. The van der Waals surface area contributed by atoms with E-state index < -0.39 is 10.9 Å². The molecule has 0 spiro atoms. The van der Waals surface area contributed by atoms with Crippen molar-refractivity contribution >= 4 is 40.0 Å². The fourth-order valence-corrected chi connectivity index (χ4v) is 4.76. The summed E-state index contributed by atoms with van der Waals surface area (Å²) in [6.07, 6.45) is 0. The zero-order valence-electron chi connectivity index (χ0n) is 12.4. The fraction of sp³-hybridized carbons (Fsp3) is 0.250. The molecule has 0 amide bonds. The number of thioether (sulfide) groups is 1. The Morgan fingerprint density at radius 2 is 2.04 bits per heavy atom. The van der Waals surface area contributed by atoms with Gasteiger partial charge in [0.1, 0.15) is 0 Å². The largest absolute Gasteiger partial charge is 0.441 e. The molecule has 2 aromatic heterocycles. The van der Waals surface area contributed by atoms with Crippen LogP contribution in [0.5, 0.6) is 0 Å². The number of nitrogens with zero attached hydrogens (tertiary/aromatic N) is 2. The van der Waals surface area contributed by atoms with Crippen molar-refractivity contribution in [3.8, 4) is 10.7 Å². The van der Waals surface area contributed by atoms with Gasteiger partial charge in [-0.25, -0.2) is 4.98 Å². The van der Waals surface area contributed by atoms with E-state index in [2.05, 4.69) is 4.98 Å². The number of rotatable bonds is 2. The molecule has 0 aliphatic carbocycles. The number of halogens is 3. The predicted molar refractivity (Wildman–Crippen MR) is 89.5 cm³/mol. The summed E-state index contributed by atoms with van der Waals surface area (Å²) in [6.45, 7) is 1.58. The van der Waals surface area contributed by atoms with E-state index in [1.165, 1.54) is 15.9 Å². The topological polar surface area (TPSA) is 34.9 Å². The first kappa shape index (κ1) is 15.7. The van der Waals surface area contributed by atoms with E-state index in [1.807, 2.05) is 6.07 Å². The van der Waals surface area contributed by atoms with Crippen LogP contribution in [-0.4, -0.2) is 26.7 Å². The Bertz CT molecular complexity index is 960. The zero-order chi connectivity index (χ0) is 17.1. The molecule has 3 heterocycles. The smallest absolute Gasteiger partial charge is 0.273 e. The minimum Gasteiger partial charge on any atom is -0.273 e. The molecule has 1 aliphatic rings. The monoisotopic (exact) mass is 368 g/mol. The summed E-state index contributed by atoms with van der Waals surface area (Å²) in [6, 6.07) is 8.90. The van der Waals surface area contributed by atoms with Gasteiger partial charge in [-0.2, -0.15) is 13.2 Å². The van der Waals surface area contributed by atoms with Gasteiger partial charge >= 0.3 is 5.51 Å². The number of carbonyl (C=O) groups is 1. The van der Waals surface area contributed by atoms with Gasteiger partial charge in [0, 0.05) is 5.75 Å². The van der Waals surface area contributed by atoms with Crippen LogP contribution in [0.3, 0.4) is 0 Å². The maximum Gasteiger partial charge on any atom is 0.441 e. The highest BCUT2D eigenvalue weighted by molar-refractivity contribution is 8.00. The fourth-order valence-electron chi connectivity index (χ4n) is 3.03. The zero-order valence-corrected chi connectivity index (χ0v) is 14.1. The van der Waals surface area contributed by atoms with Crippen molar-refractivity contribution < 1.29 is 18.0 Å². The Morgan fingerprint density at radius 3 is 2.79 bits per heavy atom. The van der Waals surface area contributed by atoms with Crippen LogP contribution in [0.2, 0.25) is 0 Å². The molecule has 3 nitrogen and oxygen atoms in total. The van der Waals surface area contributed by atoms with E-state index in [0.717, 1.165) is 4.88 Å². The summed E-state index contributed by atoms with van der Waals surface area (Å²) in [7, 11) is 0. The lowest BCUT2D eigenvalue weighted by atomic mass is 9.81. The number of thiophene rings is 1. The second-order valence-electron chi connectivity index (χ2n) is 5.79. The van der Waals surface area contributed by atoms with Crippen molar-refractivity contribution in [2.45, 2.75) is 17.8 Å². The van der Waals surface area contributed by atoms with E-state index in [0.29, 0.717) is 22.4 Å². The molecule has 3 aromatic rings. The molecule has 0 N–H and O–H groups in total. The third kappa shape index (κ3) is 2.20. The average molecular weight is 368 g/mol. The highest BCUT2D eigenvalue weighted by Gasteiger charge is 2.47. The summed E-state index contributed by atoms with van der Waals surface area (Å²) in [4.78, 5) is 18.4. The molecule has 0 fully saturated rings. The number of para-hydroxylation sites is 2. The van der Waals surface area contributed by atoms with Crippen LogP contribution in [0.4, 0.5) is 13.2 Å². The van der Waals surface area contributed by atoms with Crippen molar-refractivity contribution in [1.29, 1.82) is 0 Å². The van der Waals surface area contributed by atoms with Crippen LogP contribution in [-0.2, 0) is 5.41 Å². The van der Waals surface area contributed by atoms with Crippen molar-refractivity contribution in [1.82, 2.24) is 9.55 Å². The first-order valence-electron chi connectivity index (χ1n) is 7.12. The molecular formula is C16H11F3N2OS2. The second kappa shape index (κ2) is 5.10. The standard InChI is InChI=1S/C16H11F3N2OS2/c1-15(8-24-16(17,18)19)9-6-7-23-12(9)13-20-10-4-2-3-5-11(10)21(13)14(15)22/h2-7H,8H2,1H3/t15-/m0/s1. The molecule has 1 aliphatic heterocycles. The Morgan fingerprint density at radius 1 is 1.29 bits per heavy atom. The molecule has 4 rings (SSSR count). The summed E-state index contributed by atoms with van der Waals surface area (Å²) in [5.74, 6) is -0.208. The molecule has 0 saturated heterocycles. The number of benzene rings is 1. The van der Waals surface area contributed by atoms with Gasteiger partial charge in [-0.05, 0) is 47.8 Å². The molecule has 24 heavy (non-hydrogen) atoms. The average Bonchev–Trinajstić information content (AvgIpc) is 3.14. The van der Waals surface area contributed by atoms with Gasteiger partial charge in [-0.3, -0.25) is 9.36 Å². The molecule has 1 atom stereocenters. The molecule has 0 unspecified atom stereocenters. The molecule has 0 saturated carbocycles. The number of hydrogen-bond donors (Lipinski definition) is 0. The predicted octanol–water partition coefficient (Wildman–Crippen LogP) is 4.93. The number of fused-ring (bicyclic) bond motifs is 5. The van der Waals surface area contributed by atoms with Crippen molar-refractivity contribution in [2.24, 2.45) is 0 Å². The van der Waals surface area contributed by atoms with Crippen molar-refractivity contribution in [3.05, 3.63) is 41.3 Å². The Labute approximate surface area is 143 Å². The first-order chi connectivity index (χ1) is 11.3. The Kier molecular flexibility index (Phi) is 3.34. The summed E-state index contributed by atoms with van der Waals surface area (Å²) < 4.78 is 39.7. The number of alkyl halides is 3.